The minimum Gasteiger partial charge on any atom is -0.242 e. The molecule has 0 aromatic carbocycles. The average molecular weight is 259 g/mol. The molecule has 0 aliphatic rings. The van der Waals surface area contributed by atoms with Crippen LogP contribution in [-0.4, -0.2) is 14.8 Å². The molecule has 2 rings (SSSR count). The summed E-state index contributed by atoms with van der Waals surface area (Å²) in [5, 5.41) is 4.53. The van der Waals surface area contributed by atoms with Gasteiger partial charge in [0.2, 0.25) is 0 Å². The third kappa shape index (κ3) is 1.73. The molecule has 0 aliphatic carbocycles. The first-order chi connectivity index (χ1) is 6.27. The normalized spacial score (nSPS) is 10.3. The Morgan fingerprint density at radius 2 is 2.31 bits per heavy atom. The number of hydrogen-bond acceptors (Lipinski definition) is 2. The highest BCUT2D eigenvalue weighted by molar-refractivity contribution is 9.10. The number of aromatic nitrogens is 3. The zero-order valence-corrected chi connectivity index (χ0v) is 8.83. The van der Waals surface area contributed by atoms with Crippen LogP contribution < -0.4 is 0 Å². The van der Waals surface area contributed by atoms with E-state index in [2.05, 4.69) is 26.0 Å². The molecule has 0 unspecified atom stereocenters. The zero-order valence-electron chi connectivity index (χ0n) is 6.48. The highest BCUT2D eigenvalue weighted by atomic mass is 79.9. The first kappa shape index (κ1) is 8.72. The Bertz CT molecular complexity index is 427. The van der Waals surface area contributed by atoms with Gasteiger partial charge in [-0.15, -0.1) is 0 Å². The van der Waals surface area contributed by atoms with Crippen molar-refractivity contribution in [2.45, 2.75) is 0 Å². The molecule has 0 radical (unpaired) electrons. The quantitative estimate of drug-likeness (QED) is 0.736. The minimum atomic E-state index is 0.443. The van der Waals surface area contributed by atoms with Gasteiger partial charge in [-0.25, -0.2) is 9.67 Å². The Hall–Kier alpha value is -0.870. The second-order valence-electron chi connectivity index (χ2n) is 2.42. The molecular weight excluding hydrogens is 253 g/mol. The Kier molecular flexibility index (Phi) is 2.33. The topological polar surface area (TPSA) is 30.7 Å². The van der Waals surface area contributed by atoms with E-state index in [0.717, 1.165) is 10.2 Å². The maximum Gasteiger partial charge on any atom is 0.154 e. The van der Waals surface area contributed by atoms with E-state index >= 15 is 0 Å². The Labute approximate surface area is 88.5 Å². The molecule has 2 aromatic heterocycles. The summed E-state index contributed by atoms with van der Waals surface area (Å²) in [5.74, 6) is 0. The molecule has 0 saturated carbocycles. The monoisotopic (exact) mass is 257 g/mol. The van der Waals surface area contributed by atoms with Gasteiger partial charge in [-0.3, -0.25) is 0 Å². The smallest absolute Gasteiger partial charge is 0.154 e. The summed E-state index contributed by atoms with van der Waals surface area (Å²) in [6.45, 7) is 0. The summed E-state index contributed by atoms with van der Waals surface area (Å²) in [4.78, 5) is 3.95. The molecule has 3 nitrogen and oxygen atoms in total. The Balaban J connectivity index is 2.52. The van der Waals surface area contributed by atoms with Crippen LogP contribution in [0.4, 0.5) is 0 Å². The van der Waals surface area contributed by atoms with Gasteiger partial charge in [0.1, 0.15) is 5.69 Å². The van der Waals surface area contributed by atoms with E-state index < -0.39 is 0 Å². The molecule has 2 aromatic rings. The fraction of sp³-hybridized carbons (Fsp3) is 0. The van der Waals surface area contributed by atoms with E-state index in [1.165, 1.54) is 0 Å². The van der Waals surface area contributed by atoms with Gasteiger partial charge in [0.15, 0.2) is 5.15 Å². The highest BCUT2D eigenvalue weighted by Gasteiger charge is 2.03. The van der Waals surface area contributed by atoms with E-state index in [9.17, 15) is 0 Å². The van der Waals surface area contributed by atoms with Crippen LogP contribution in [-0.2, 0) is 0 Å². The fourth-order valence-corrected chi connectivity index (χ4v) is 1.47. The number of pyridine rings is 1. The van der Waals surface area contributed by atoms with E-state index in [1.54, 1.807) is 17.1 Å². The average Bonchev–Trinajstić information content (AvgIpc) is 2.53. The Morgan fingerprint density at radius 1 is 1.46 bits per heavy atom. The lowest BCUT2D eigenvalue weighted by atomic mass is 10.4. The number of nitrogens with zero attached hydrogens (tertiary/aromatic N) is 3. The van der Waals surface area contributed by atoms with Crippen molar-refractivity contribution in [3.63, 3.8) is 0 Å². The molecule has 0 fully saturated rings. The maximum atomic E-state index is 5.88. The summed E-state index contributed by atoms with van der Waals surface area (Å²) in [7, 11) is 0. The first-order valence-electron chi connectivity index (χ1n) is 3.58. The molecule has 13 heavy (non-hydrogen) atoms. The van der Waals surface area contributed by atoms with E-state index in [1.807, 2.05) is 18.3 Å². The predicted molar refractivity (Wildman–Crippen MR) is 54.1 cm³/mol. The highest BCUT2D eigenvalue weighted by Crippen LogP contribution is 2.18. The molecule has 0 bridgehead atoms. The molecule has 0 atom stereocenters. The molecule has 5 heteroatoms. The number of hydrogen-bond donors (Lipinski definition) is 0. The van der Waals surface area contributed by atoms with Gasteiger partial charge in [0.25, 0.3) is 0 Å². The van der Waals surface area contributed by atoms with Crippen molar-refractivity contribution in [3.05, 3.63) is 40.3 Å². The molecule has 0 aliphatic heterocycles. The summed E-state index contributed by atoms with van der Waals surface area (Å²) < 4.78 is 2.58. The van der Waals surface area contributed by atoms with Gasteiger partial charge in [0.05, 0.1) is 10.7 Å². The van der Waals surface area contributed by atoms with Crippen molar-refractivity contribution in [2.24, 2.45) is 0 Å². The van der Waals surface area contributed by atoms with Crippen LogP contribution >= 0.6 is 27.5 Å². The summed E-state index contributed by atoms with van der Waals surface area (Å²) >= 11 is 9.19. The third-order valence-electron chi connectivity index (χ3n) is 1.54. The van der Waals surface area contributed by atoms with Crippen molar-refractivity contribution in [2.75, 3.05) is 0 Å². The third-order valence-corrected chi connectivity index (χ3v) is 2.24. The van der Waals surface area contributed by atoms with Crippen molar-refractivity contribution in [1.29, 1.82) is 0 Å². The largest absolute Gasteiger partial charge is 0.242 e. The maximum absolute atomic E-state index is 5.88. The van der Waals surface area contributed by atoms with E-state index in [4.69, 9.17) is 11.6 Å². The van der Waals surface area contributed by atoms with Crippen LogP contribution in [0.3, 0.4) is 0 Å². The van der Waals surface area contributed by atoms with Crippen LogP contribution in [0.25, 0.3) is 5.69 Å². The van der Waals surface area contributed by atoms with Crippen LogP contribution in [0.1, 0.15) is 0 Å². The van der Waals surface area contributed by atoms with Gasteiger partial charge >= 0.3 is 0 Å². The lowest BCUT2D eigenvalue weighted by Gasteiger charge is -2.00. The Morgan fingerprint density at radius 3 is 2.92 bits per heavy atom. The predicted octanol–water partition coefficient (Wildman–Crippen LogP) is 2.68. The summed E-state index contributed by atoms with van der Waals surface area (Å²) in [6, 6.07) is 3.67. The van der Waals surface area contributed by atoms with E-state index in [0.29, 0.717) is 5.15 Å². The molecule has 2 heterocycles. The molecule has 0 saturated heterocycles. The second-order valence-corrected chi connectivity index (χ2v) is 3.69. The SMILES string of the molecule is Clc1ncccc1-n1cc(Br)cn1. The van der Waals surface area contributed by atoms with E-state index in [-0.39, 0.29) is 0 Å². The molecule has 66 valence electrons. The van der Waals surface area contributed by atoms with Crippen molar-refractivity contribution in [3.8, 4) is 5.69 Å². The molecule has 0 spiro atoms. The minimum absolute atomic E-state index is 0.443. The van der Waals surface area contributed by atoms with Crippen LogP contribution in [0.5, 0.6) is 0 Å². The zero-order chi connectivity index (χ0) is 9.26. The summed E-state index contributed by atoms with van der Waals surface area (Å²) in [6.07, 6.45) is 5.16. The second kappa shape index (κ2) is 3.47. The lowest BCUT2D eigenvalue weighted by molar-refractivity contribution is 0.874. The fourth-order valence-electron chi connectivity index (χ4n) is 0.981. The summed E-state index contributed by atoms with van der Waals surface area (Å²) in [5.41, 5.74) is 0.773. The molecule has 0 N–H and O–H groups in total. The standard InChI is InChI=1S/C8H5BrClN3/c9-6-4-12-13(5-6)7-2-1-3-11-8(7)10/h1-5H. The van der Waals surface area contributed by atoms with Gasteiger partial charge in [-0.05, 0) is 28.1 Å². The van der Waals surface area contributed by atoms with Gasteiger partial charge in [-0.1, -0.05) is 11.6 Å². The molecule has 0 amide bonds. The first-order valence-corrected chi connectivity index (χ1v) is 4.75. The molecular formula is C8H5BrClN3. The van der Waals surface area contributed by atoms with Crippen LogP contribution in [0.15, 0.2) is 35.2 Å². The lowest BCUT2D eigenvalue weighted by Crippen LogP contribution is -1.95. The van der Waals surface area contributed by atoms with Crippen molar-refractivity contribution in [1.82, 2.24) is 14.8 Å². The van der Waals surface area contributed by atoms with Crippen LogP contribution in [0.2, 0.25) is 5.15 Å². The van der Waals surface area contributed by atoms with Crippen molar-refractivity contribution >= 4 is 27.5 Å². The van der Waals surface area contributed by atoms with Gasteiger partial charge in [-0.2, -0.15) is 5.10 Å². The van der Waals surface area contributed by atoms with Gasteiger partial charge < -0.3 is 0 Å². The van der Waals surface area contributed by atoms with Crippen molar-refractivity contribution < 1.29 is 0 Å². The number of halogens is 2. The van der Waals surface area contributed by atoms with Gasteiger partial charge in [0, 0.05) is 12.4 Å². The number of rotatable bonds is 1. The van der Waals surface area contributed by atoms with Crippen LogP contribution in [0, 0.1) is 0 Å².